The molecule has 0 radical (unpaired) electrons. The predicted molar refractivity (Wildman–Crippen MR) is 86.7 cm³/mol. The minimum atomic E-state index is -3.62. The second kappa shape index (κ2) is 7.72. The number of carbonyl (C=O) groups excluding carboxylic acids is 1. The van der Waals surface area contributed by atoms with Crippen LogP contribution in [0.2, 0.25) is 0 Å². The molecule has 116 valence electrons. The molecule has 1 aromatic carbocycles. The maximum absolute atomic E-state index is 12.2. The van der Waals surface area contributed by atoms with Crippen LogP contribution < -0.4 is 10.0 Å². The molecule has 0 aliphatic heterocycles. The van der Waals surface area contributed by atoms with Crippen LogP contribution in [0.4, 0.5) is 0 Å². The van der Waals surface area contributed by atoms with Gasteiger partial charge in [-0.1, -0.05) is 19.9 Å². The first kappa shape index (κ1) is 17.9. The molecule has 7 heteroatoms. The Bertz CT molecular complexity index is 627. The third kappa shape index (κ3) is 5.26. The lowest BCUT2D eigenvalue weighted by atomic mass is 10.2. The number of hydrogen-bond donors (Lipinski definition) is 2. The molecule has 1 aromatic rings. The second-order valence-corrected chi connectivity index (χ2v) is 7.51. The topological polar surface area (TPSA) is 75.3 Å². The molecule has 0 aromatic heterocycles. The van der Waals surface area contributed by atoms with Gasteiger partial charge in [-0.05, 0) is 40.0 Å². The molecule has 0 saturated heterocycles. The van der Waals surface area contributed by atoms with Crippen LogP contribution in [-0.4, -0.2) is 27.4 Å². The summed E-state index contributed by atoms with van der Waals surface area (Å²) in [6.07, 6.45) is 1.55. The summed E-state index contributed by atoms with van der Waals surface area (Å²) in [6.45, 7) is 8.00. The van der Waals surface area contributed by atoms with Crippen LogP contribution in [0.3, 0.4) is 0 Å². The van der Waals surface area contributed by atoms with Crippen LogP contribution in [0.15, 0.2) is 40.2 Å². The zero-order valence-corrected chi connectivity index (χ0v) is 14.4. The molecule has 0 heterocycles. The van der Waals surface area contributed by atoms with Gasteiger partial charge in [0.05, 0.1) is 10.5 Å². The zero-order chi connectivity index (χ0) is 16.0. The molecule has 0 spiro atoms. The Morgan fingerprint density at radius 1 is 1.43 bits per heavy atom. The molecule has 1 rings (SSSR count). The van der Waals surface area contributed by atoms with E-state index in [2.05, 4.69) is 32.5 Å². The first-order chi connectivity index (χ1) is 9.77. The number of carbonyl (C=O) groups is 1. The summed E-state index contributed by atoms with van der Waals surface area (Å²) in [6, 6.07) is 4.36. The third-order valence-electron chi connectivity index (χ3n) is 2.58. The van der Waals surface area contributed by atoms with E-state index in [1.165, 1.54) is 12.1 Å². The van der Waals surface area contributed by atoms with Crippen molar-refractivity contribution < 1.29 is 13.2 Å². The van der Waals surface area contributed by atoms with Crippen molar-refractivity contribution in [3.63, 3.8) is 0 Å². The van der Waals surface area contributed by atoms with Gasteiger partial charge in [0, 0.05) is 17.6 Å². The van der Waals surface area contributed by atoms with E-state index in [0.29, 0.717) is 17.6 Å². The molecule has 0 atom stereocenters. The van der Waals surface area contributed by atoms with Gasteiger partial charge in [-0.2, -0.15) is 0 Å². The molecular weight excluding hydrogens is 356 g/mol. The molecule has 0 aliphatic carbocycles. The van der Waals surface area contributed by atoms with Gasteiger partial charge in [-0.3, -0.25) is 4.79 Å². The van der Waals surface area contributed by atoms with Gasteiger partial charge >= 0.3 is 0 Å². The SMILES string of the molecule is C=CCNC(=O)c1cc(S(=O)(=O)NCC(C)C)ccc1Br. The number of sulfonamides is 1. The molecule has 0 bridgehead atoms. The highest BCUT2D eigenvalue weighted by atomic mass is 79.9. The Kier molecular flexibility index (Phi) is 6.57. The van der Waals surface area contributed by atoms with Crippen molar-refractivity contribution >= 4 is 31.9 Å². The van der Waals surface area contributed by atoms with Gasteiger partial charge in [-0.25, -0.2) is 13.1 Å². The molecule has 21 heavy (non-hydrogen) atoms. The monoisotopic (exact) mass is 374 g/mol. The minimum absolute atomic E-state index is 0.0649. The fourth-order valence-corrected chi connectivity index (χ4v) is 3.13. The highest BCUT2D eigenvalue weighted by Crippen LogP contribution is 2.21. The summed E-state index contributed by atoms with van der Waals surface area (Å²) >= 11 is 3.25. The number of nitrogens with one attached hydrogen (secondary N) is 2. The lowest BCUT2D eigenvalue weighted by molar-refractivity contribution is 0.0957. The van der Waals surface area contributed by atoms with Crippen molar-refractivity contribution in [2.24, 2.45) is 5.92 Å². The summed E-state index contributed by atoms with van der Waals surface area (Å²) in [5, 5.41) is 2.62. The summed E-state index contributed by atoms with van der Waals surface area (Å²) < 4.78 is 27.4. The first-order valence-corrected chi connectivity index (χ1v) is 8.74. The van der Waals surface area contributed by atoms with Crippen LogP contribution in [0.25, 0.3) is 0 Å². The van der Waals surface area contributed by atoms with Crippen molar-refractivity contribution in [2.45, 2.75) is 18.7 Å². The number of benzene rings is 1. The van der Waals surface area contributed by atoms with Crippen molar-refractivity contribution in [2.75, 3.05) is 13.1 Å². The Hall–Kier alpha value is -1.18. The minimum Gasteiger partial charge on any atom is -0.349 e. The second-order valence-electron chi connectivity index (χ2n) is 4.89. The summed E-state index contributed by atoms with van der Waals surface area (Å²) in [5.74, 6) is -0.159. The molecular formula is C14H19BrN2O3S. The van der Waals surface area contributed by atoms with Crippen LogP contribution in [0.5, 0.6) is 0 Å². The zero-order valence-electron chi connectivity index (χ0n) is 12.0. The van der Waals surface area contributed by atoms with Crippen molar-refractivity contribution in [1.29, 1.82) is 0 Å². The van der Waals surface area contributed by atoms with Gasteiger partial charge in [0.1, 0.15) is 0 Å². The van der Waals surface area contributed by atoms with Crippen molar-refractivity contribution in [3.8, 4) is 0 Å². The predicted octanol–water partition coefficient (Wildman–Crippen LogP) is 2.30. The normalized spacial score (nSPS) is 11.4. The van der Waals surface area contributed by atoms with E-state index < -0.39 is 10.0 Å². The summed E-state index contributed by atoms with van der Waals surface area (Å²) in [7, 11) is -3.62. The van der Waals surface area contributed by atoms with Gasteiger partial charge in [0.2, 0.25) is 10.0 Å². The fourth-order valence-electron chi connectivity index (χ4n) is 1.47. The highest BCUT2D eigenvalue weighted by molar-refractivity contribution is 9.10. The van der Waals surface area contributed by atoms with E-state index in [9.17, 15) is 13.2 Å². The van der Waals surface area contributed by atoms with Gasteiger partial charge in [-0.15, -0.1) is 6.58 Å². The molecule has 0 aliphatic rings. The molecule has 2 N–H and O–H groups in total. The quantitative estimate of drug-likeness (QED) is 0.718. The van der Waals surface area contributed by atoms with Gasteiger partial charge < -0.3 is 5.32 Å². The van der Waals surface area contributed by atoms with Crippen molar-refractivity contribution in [3.05, 3.63) is 40.9 Å². The lowest BCUT2D eigenvalue weighted by Crippen LogP contribution is -2.28. The Morgan fingerprint density at radius 2 is 2.10 bits per heavy atom. The number of rotatable bonds is 7. The van der Waals surface area contributed by atoms with Crippen LogP contribution in [0.1, 0.15) is 24.2 Å². The maximum atomic E-state index is 12.2. The average molecular weight is 375 g/mol. The molecule has 0 fully saturated rings. The van der Waals surface area contributed by atoms with Gasteiger partial charge in [0.25, 0.3) is 5.91 Å². The molecule has 0 saturated carbocycles. The smallest absolute Gasteiger partial charge is 0.252 e. The van der Waals surface area contributed by atoms with E-state index in [1.54, 1.807) is 12.1 Å². The maximum Gasteiger partial charge on any atom is 0.252 e. The standard InChI is InChI=1S/C14H19BrN2O3S/c1-4-7-16-14(18)12-8-11(5-6-13(12)15)21(19,20)17-9-10(2)3/h4-6,8,10,17H,1,7,9H2,2-3H3,(H,16,18). The van der Waals surface area contributed by atoms with Crippen LogP contribution in [0, 0.1) is 5.92 Å². The fraction of sp³-hybridized carbons (Fsp3) is 0.357. The molecule has 1 amide bonds. The average Bonchev–Trinajstić information content (AvgIpc) is 2.43. The summed E-state index contributed by atoms with van der Waals surface area (Å²) in [4.78, 5) is 12.0. The Balaban J connectivity index is 3.05. The summed E-state index contributed by atoms with van der Waals surface area (Å²) in [5.41, 5.74) is 0.268. The first-order valence-electron chi connectivity index (χ1n) is 6.46. The largest absolute Gasteiger partial charge is 0.349 e. The van der Waals surface area contributed by atoms with E-state index in [0.717, 1.165) is 0 Å². The van der Waals surface area contributed by atoms with Crippen molar-refractivity contribution in [1.82, 2.24) is 10.0 Å². The molecule has 5 nitrogen and oxygen atoms in total. The van der Waals surface area contributed by atoms with Crippen LogP contribution in [-0.2, 0) is 10.0 Å². The van der Waals surface area contributed by atoms with E-state index >= 15 is 0 Å². The number of halogens is 1. The van der Waals surface area contributed by atoms with E-state index in [-0.39, 0.29) is 22.3 Å². The third-order valence-corrected chi connectivity index (χ3v) is 4.69. The number of amides is 1. The lowest BCUT2D eigenvalue weighted by Gasteiger charge is -2.11. The highest BCUT2D eigenvalue weighted by Gasteiger charge is 2.18. The number of hydrogen-bond acceptors (Lipinski definition) is 3. The van der Waals surface area contributed by atoms with Gasteiger partial charge in [0.15, 0.2) is 0 Å². The Labute approximate surface area is 134 Å². The van der Waals surface area contributed by atoms with E-state index in [4.69, 9.17) is 0 Å². The van der Waals surface area contributed by atoms with E-state index in [1.807, 2.05) is 13.8 Å². The van der Waals surface area contributed by atoms with Crippen LogP contribution >= 0.6 is 15.9 Å². The Morgan fingerprint density at radius 3 is 2.67 bits per heavy atom. The molecule has 0 unspecified atom stereocenters.